The van der Waals surface area contributed by atoms with Crippen LogP contribution in [0.4, 0.5) is 13.2 Å². The summed E-state index contributed by atoms with van der Waals surface area (Å²) >= 11 is 0. The molecular formula is C18H26F3N3O3S. The molecule has 28 heavy (non-hydrogen) atoms. The Morgan fingerprint density at radius 2 is 1.75 bits per heavy atom. The molecule has 6 nitrogen and oxygen atoms in total. The smallest absolute Gasteiger partial charge is 0.381 e. The fourth-order valence-corrected chi connectivity index (χ4v) is 6.59. The Morgan fingerprint density at radius 3 is 2.29 bits per heavy atom. The van der Waals surface area contributed by atoms with Gasteiger partial charge in [-0.1, -0.05) is 6.08 Å². The highest BCUT2D eigenvalue weighted by atomic mass is 32.2. The molecule has 0 atom stereocenters. The lowest BCUT2D eigenvalue weighted by Crippen LogP contribution is -2.76. The van der Waals surface area contributed by atoms with Gasteiger partial charge in [0, 0.05) is 62.5 Å². The minimum absolute atomic E-state index is 0.0160. The van der Waals surface area contributed by atoms with E-state index in [0.29, 0.717) is 13.1 Å². The Balaban J connectivity index is 1.37. The Hall–Kier alpha value is -1.10. The summed E-state index contributed by atoms with van der Waals surface area (Å²) in [5.74, 6) is 0. The summed E-state index contributed by atoms with van der Waals surface area (Å²) in [6, 6.07) is 0. The zero-order valence-corrected chi connectivity index (χ0v) is 16.9. The number of allylic oxidation sites excluding steroid dienone is 4. The third-order valence-corrected chi connectivity index (χ3v) is 8.63. The van der Waals surface area contributed by atoms with Crippen LogP contribution < -0.4 is 5.32 Å². The Bertz CT molecular complexity index is 815. The number of halogens is 3. The topological polar surface area (TPSA) is 61.9 Å². The van der Waals surface area contributed by atoms with E-state index in [1.165, 1.54) is 11.2 Å². The second-order valence-corrected chi connectivity index (χ2v) is 10.7. The van der Waals surface area contributed by atoms with E-state index in [2.05, 4.69) is 17.1 Å². The summed E-state index contributed by atoms with van der Waals surface area (Å²) in [6.07, 6.45) is -1.86. The molecule has 4 aliphatic heterocycles. The molecule has 4 heterocycles. The van der Waals surface area contributed by atoms with Gasteiger partial charge >= 0.3 is 6.18 Å². The van der Waals surface area contributed by atoms with E-state index in [1.807, 2.05) is 0 Å². The Kier molecular flexibility index (Phi) is 4.65. The van der Waals surface area contributed by atoms with Crippen molar-refractivity contribution >= 4 is 10.0 Å². The van der Waals surface area contributed by atoms with Gasteiger partial charge in [0.05, 0.1) is 4.91 Å². The van der Waals surface area contributed by atoms with Crippen molar-refractivity contribution in [2.24, 2.45) is 5.41 Å². The van der Waals surface area contributed by atoms with Crippen molar-refractivity contribution in [1.82, 2.24) is 14.5 Å². The average molecular weight is 421 g/mol. The lowest BCUT2D eigenvalue weighted by molar-refractivity contribution is -0.148. The largest absolute Gasteiger partial charge is 0.430 e. The van der Waals surface area contributed by atoms with Gasteiger partial charge in [0.1, 0.15) is 5.70 Å². The lowest BCUT2D eigenvalue weighted by Gasteiger charge is -2.64. The van der Waals surface area contributed by atoms with Gasteiger partial charge in [-0.3, -0.25) is 4.90 Å². The van der Waals surface area contributed by atoms with E-state index in [-0.39, 0.29) is 28.0 Å². The van der Waals surface area contributed by atoms with E-state index >= 15 is 0 Å². The number of sulfonamides is 1. The predicted octanol–water partition coefficient (Wildman–Crippen LogP) is 2.17. The van der Waals surface area contributed by atoms with Gasteiger partial charge < -0.3 is 10.1 Å². The van der Waals surface area contributed by atoms with Crippen LogP contribution in [0.15, 0.2) is 22.4 Å². The van der Waals surface area contributed by atoms with Crippen molar-refractivity contribution in [3.05, 3.63) is 22.4 Å². The number of hydrogen-bond donors (Lipinski definition) is 1. The van der Waals surface area contributed by atoms with Gasteiger partial charge in [0.2, 0.25) is 10.0 Å². The first-order chi connectivity index (χ1) is 13.0. The summed E-state index contributed by atoms with van der Waals surface area (Å²) in [5, 5.41) is 2.21. The van der Waals surface area contributed by atoms with E-state index in [4.69, 9.17) is 4.74 Å². The van der Waals surface area contributed by atoms with Crippen LogP contribution in [0, 0.1) is 5.41 Å². The number of nitrogens with one attached hydrogen (secondary N) is 1. The summed E-state index contributed by atoms with van der Waals surface area (Å²) in [7, 11) is -3.75. The highest BCUT2D eigenvalue weighted by molar-refractivity contribution is 7.93. The molecule has 0 aromatic carbocycles. The molecule has 0 amide bonds. The van der Waals surface area contributed by atoms with Crippen LogP contribution in [0.2, 0.25) is 0 Å². The van der Waals surface area contributed by atoms with E-state index in [0.717, 1.165) is 45.2 Å². The highest BCUT2D eigenvalue weighted by Gasteiger charge is 2.58. The van der Waals surface area contributed by atoms with Crippen LogP contribution in [0.5, 0.6) is 0 Å². The minimum atomic E-state index is -4.51. The van der Waals surface area contributed by atoms with Gasteiger partial charge in [-0.05, 0) is 26.7 Å². The first kappa shape index (κ1) is 20.2. The maximum Gasteiger partial charge on any atom is 0.430 e. The van der Waals surface area contributed by atoms with Gasteiger partial charge in [0.15, 0.2) is 0 Å². The number of nitrogens with zero attached hydrogens (tertiary/aromatic N) is 2. The van der Waals surface area contributed by atoms with Crippen LogP contribution in [-0.4, -0.2) is 68.7 Å². The van der Waals surface area contributed by atoms with Crippen molar-refractivity contribution in [1.29, 1.82) is 0 Å². The summed E-state index contributed by atoms with van der Waals surface area (Å²) in [6.45, 7) is 7.74. The third kappa shape index (κ3) is 3.28. The summed E-state index contributed by atoms with van der Waals surface area (Å²) < 4.78 is 71.1. The quantitative estimate of drug-likeness (QED) is 0.757. The van der Waals surface area contributed by atoms with Gasteiger partial charge in [0.25, 0.3) is 0 Å². The number of likely N-dealkylation sites (tertiary alicyclic amines) is 1. The molecule has 10 heteroatoms. The SMILES string of the molecule is CC1=C(S(=O)(=O)N2CC3(CN(C4(C)CCOCC4)C3)C2)CC=C(C(F)(F)F)N1. The zero-order valence-electron chi connectivity index (χ0n) is 16.1. The normalized spacial score (nSPS) is 28.4. The number of hydrogen-bond acceptors (Lipinski definition) is 5. The molecular weight excluding hydrogens is 395 g/mol. The molecule has 0 saturated carbocycles. The second-order valence-electron chi connectivity index (χ2n) is 8.73. The molecule has 3 fully saturated rings. The summed E-state index contributed by atoms with van der Waals surface area (Å²) in [4.78, 5) is 2.45. The molecule has 3 saturated heterocycles. The Labute approximate surface area is 163 Å². The molecule has 4 rings (SSSR count). The van der Waals surface area contributed by atoms with Crippen molar-refractivity contribution < 1.29 is 26.3 Å². The Morgan fingerprint density at radius 1 is 1.14 bits per heavy atom. The molecule has 0 aliphatic carbocycles. The standard InChI is InChI=1S/C18H26F3N3O3S/c1-13-14(3-4-15(22-13)18(19,20)21)28(25,26)24-11-17(12-24)9-23(10-17)16(2)5-7-27-8-6-16/h4,22H,3,5-12H2,1-2H3. The predicted molar refractivity (Wildman–Crippen MR) is 97.5 cm³/mol. The summed E-state index contributed by atoms with van der Waals surface area (Å²) in [5.41, 5.74) is -0.740. The zero-order chi connectivity index (χ0) is 20.4. The van der Waals surface area contributed by atoms with Crippen LogP contribution in [0.25, 0.3) is 0 Å². The lowest BCUT2D eigenvalue weighted by atomic mass is 9.71. The van der Waals surface area contributed by atoms with E-state index in [9.17, 15) is 21.6 Å². The number of alkyl halides is 3. The molecule has 0 radical (unpaired) electrons. The van der Waals surface area contributed by atoms with Crippen molar-refractivity contribution in [2.45, 2.75) is 44.8 Å². The molecule has 0 aromatic rings. The van der Waals surface area contributed by atoms with E-state index < -0.39 is 21.9 Å². The van der Waals surface area contributed by atoms with Gasteiger partial charge in [-0.15, -0.1) is 0 Å². The molecule has 4 aliphatic rings. The number of ether oxygens (including phenoxy) is 1. The van der Waals surface area contributed by atoms with E-state index in [1.54, 1.807) is 0 Å². The van der Waals surface area contributed by atoms with Crippen LogP contribution >= 0.6 is 0 Å². The molecule has 0 aromatic heterocycles. The van der Waals surface area contributed by atoms with Crippen molar-refractivity contribution in [3.63, 3.8) is 0 Å². The first-order valence-corrected chi connectivity index (χ1v) is 11.0. The fourth-order valence-electron chi connectivity index (χ4n) is 4.66. The maximum atomic E-state index is 12.9. The van der Waals surface area contributed by atoms with Gasteiger partial charge in [-0.2, -0.15) is 17.5 Å². The van der Waals surface area contributed by atoms with Crippen molar-refractivity contribution in [2.75, 3.05) is 39.4 Å². The van der Waals surface area contributed by atoms with Crippen LogP contribution in [0.3, 0.4) is 0 Å². The van der Waals surface area contributed by atoms with Crippen LogP contribution in [-0.2, 0) is 14.8 Å². The third-order valence-electron chi connectivity index (χ3n) is 6.60. The molecule has 0 unspecified atom stereocenters. The fraction of sp³-hybridized carbons (Fsp3) is 0.778. The monoisotopic (exact) mass is 421 g/mol. The molecule has 1 spiro atoms. The number of dihydropyridines is 1. The van der Waals surface area contributed by atoms with Crippen LogP contribution in [0.1, 0.15) is 33.1 Å². The van der Waals surface area contributed by atoms with Crippen molar-refractivity contribution in [3.8, 4) is 0 Å². The molecule has 0 bridgehead atoms. The molecule has 1 N–H and O–H groups in total. The molecule has 158 valence electrons. The minimum Gasteiger partial charge on any atom is -0.381 e. The number of rotatable bonds is 3. The maximum absolute atomic E-state index is 12.9. The van der Waals surface area contributed by atoms with Gasteiger partial charge in [-0.25, -0.2) is 8.42 Å². The highest BCUT2D eigenvalue weighted by Crippen LogP contribution is 2.47. The second kappa shape index (κ2) is 6.45. The first-order valence-electron chi connectivity index (χ1n) is 9.52. The average Bonchev–Trinajstić information content (AvgIpc) is 2.51.